The predicted molar refractivity (Wildman–Crippen MR) is 122 cm³/mol. The molecule has 0 saturated carbocycles. The third-order valence-electron chi connectivity index (χ3n) is 4.70. The van der Waals surface area contributed by atoms with E-state index >= 15 is 0 Å². The molecule has 0 aliphatic carbocycles. The van der Waals surface area contributed by atoms with Crippen molar-refractivity contribution in [1.29, 1.82) is 0 Å². The number of carbonyl (C=O) groups is 1. The van der Waals surface area contributed by atoms with Crippen LogP contribution in [0.15, 0.2) is 40.9 Å². The number of rotatable bonds is 7. The van der Waals surface area contributed by atoms with Gasteiger partial charge in [0.15, 0.2) is 5.69 Å². The van der Waals surface area contributed by atoms with Gasteiger partial charge in [-0.2, -0.15) is 18.3 Å². The van der Waals surface area contributed by atoms with E-state index in [1.807, 2.05) is 0 Å². The highest BCUT2D eigenvalue weighted by Gasteiger charge is 2.37. The molecule has 0 fully saturated rings. The van der Waals surface area contributed by atoms with E-state index in [0.29, 0.717) is 10.8 Å². The maximum atomic E-state index is 13.0. The van der Waals surface area contributed by atoms with Crippen LogP contribution in [0.2, 0.25) is 5.02 Å². The Balaban J connectivity index is 1.75. The lowest BCUT2D eigenvalue weighted by atomic mass is 10.2. The summed E-state index contributed by atoms with van der Waals surface area (Å²) in [5.74, 6) is -0.0823. The number of nitro groups is 1. The Morgan fingerprint density at radius 3 is 2.53 bits per heavy atom. The van der Waals surface area contributed by atoms with E-state index < -0.39 is 22.7 Å². The van der Waals surface area contributed by atoms with Gasteiger partial charge in [0.1, 0.15) is 11.5 Å². The normalized spacial score (nSPS) is 11.4. The van der Waals surface area contributed by atoms with Gasteiger partial charge in [0, 0.05) is 23.6 Å². The topological polar surface area (TPSA) is 99.3 Å². The lowest BCUT2D eigenvalue weighted by Gasteiger charge is -2.11. The standard InChI is InChI=1S/C21H17BrClF3N4O4/c1-11-7-15(3-4-17(11)23)34-16-9-13(8-14(10-16)30(32)33)27-18(31)5-6-29-12(2)19(22)20(28-29)21(24,25)26/h3-4,7-10H,5-6H2,1-2H3,(H,27,31). The van der Waals surface area contributed by atoms with Gasteiger partial charge in [-0.15, -0.1) is 0 Å². The van der Waals surface area contributed by atoms with Gasteiger partial charge in [-0.25, -0.2) is 0 Å². The Labute approximate surface area is 204 Å². The molecular weight excluding hydrogens is 545 g/mol. The summed E-state index contributed by atoms with van der Waals surface area (Å²) >= 11 is 8.87. The van der Waals surface area contributed by atoms with Crippen LogP contribution in [-0.4, -0.2) is 20.6 Å². The number of alkyl halides is 3. The van der Waals surface area contributed by atoms with Gasteiger partial charge in [-0.1, -0.05) is 11.6 Å². The average Bonchev–Trinajstić information content (AvgIpc) is 3.03. The number of non-ortho nitro benzene ring substituents is 1. The summed E-state index contributed by atoms with van der Waals surface area (Å²) in [5.41, 5.74) is -0.352. The number of hydrogen-bond donors (Lipinski definition) is 1. The maximum absolute atomic E-state index is 13.0. The van der Waals surface area contributed by atoms with Crippen LogP contribution in [0.3, 0.4) is 0 Å². The Morgan fingerprint density at radius 2 is 1.94 bits per heavy atom. The van der Waals surface area contributed by atoms with Gasteiger partial charge >= 0.3 is 6.18 Å². The van der Waals surface area contributed by atoms with Crippen molar-refractivity contribution in [2.45, 2.75) is 33.0 Å². The summed E-state index contributed by atoms with van der Waals surface area (Å²) < 4.78 is 45.6. The van der Waals surface area contributed by atoms with Crippen molar-refractivity contribution in [3.8, 4) is 11.5 Å². The van der Waals surface area contributed by atoms with E-state index in [1.54, 1.807) is 25.1 Å². The second kappa shape index (κ2) is 10.0. The molecule has 3 rings (SSSR count). The number of ether oxygens (including phenoxy) is 1. The maximum Gasteiger partial charge on any atom is 0.436 e. The average molecular weight is 562 g/mol. The van der Waals surface area contributed by atoms with Crippen molar-refractivity contribution in [2.24, 2.45) is 0 Å². The Bertz CT molecular complexity index is 1260. The number of nitrogens with zero attached hydrogens (tertiary/aromatic N) is 3. The van der Waals surface area contributed by atoms with Gasteiger partial charge in [0.25, 0.3) is 5.69 Å². The van der Waals surface area contributed by atoms with Crippen molar-refractivity contribution < 1.29 is 27.6 Å². The molecule has 0 aliphatic heterocycles. The summed E-state index contributed by atoms with van der Waals surface area (Å²) in [6.45, 7) is 3.08. The predicted octanol–water partition coefficient (Wildman–Crippen LogP) is 6.66. The molecular formula is C21H17BrClF3N4O4. The van der Waals surface area contributed by atoms with Crippen LogP contribution in [0, 0.1) is 24.0 Å². The number of amides is 1. The van der Waals surface area contributed by atoms with E-state index in [1.165, 1.54) is 19.1 Å². The molecule has 180 valence electrons. The van der Waals surface area contributed by atoms with Crippen molar-refractivity contribution in [2.75, 3.05) is 5.32 Å². The summed E-state index contributed by atoms with van der Waals surface area (Å²) in [6, 6.07) is 8.60. The van der Waals surface area contributed by atoms with Crippen LogP contribution in [0.1, 0.15) is 23.4 Å². The molecule has 34 heavy (non-hydrogen) atoms. The second-order valence-electron chi connectivity index (χ2n) is 7.25. The molecule has 0 atom stereocenters. The summed E-state index contributed by atoms with van der Waals surface area (Å²) in [4.78, 5) is 23.1. The third kappa shape index (κ3) is 6.06. The molecule has 0 aliphatic rings. The third-order valence-corrected chi connectivity index (χ3v) is 6.08. The molecule has 13 heteroatoms. The monoisotopic (exact) mass is 560 g/mol. The fourth-order valence-electron chi connectivity index (χ4n) is 2.99. The molecule has 8 nitrogen and oxygen atoms in total. The first kappa shape index (κ1) is 25.5. The van der Waals surface area contributed by atoms with Crippen LogP contribution in [0.4, 0.5) is 24.5 Å². The quantitative estimate of drug-likeness (QED) is 0.257. The van der Waals surface area contributed by atoms with Crippen LogP contribution in [-0.2, 0) is 17.5 Å². The zero-order chi connectivity index (χ0) is 25.2. The first-order chi connectivity index (χ1) is 15.8. The van der Waals surface area contributed by atoms with Crippen molar-refractivity contribution in [3.63, 3.8) is 0 Å². The number of benzene rings is 2. The van der Waals surface area contributed by atoms with E-state index in [0.717, 1.165) is 16.3 Å². The number of anilines is 1. The zero-order valence-corrected chi connectivity index (χ0v) is 20.1. The molecule has 0 bridgehead atoms. The minimum Gasteiger partial charge on any atom is -0.457 e. The highest BCUT2D eigenvalue weighted by molar-refractivity contribution is 9.10. The molecule has 0 saturated heterocycles. The summed E-state index contributed by atoms with van der Waals surface area (Å²) in [7, 11) is 0. The molecule has 1 heterocycles. The molecule has 0 spiro atoms. The molecule has 2 aromatic carbocycles. The largest absolute Gasteiger partial charge is 0.457 e. The van der Waals surface area contributed by atoms with Crippen LogP contribution in [0.5, 0.6) is 11.5 Å². The minimum absolute atomic E-state index is 0.0919. The smallest absolute Gasteiger partial charge is 0.436 e. The number of aryl methyl sites for hydroxylation is 2. The van der Waals surface area contributed by atoms with Crippen molar-refractivity contribution in [1.82, 2.24) is 9.78 Å². The molecule has 1 aromatic heterocycles. The number of nitrogens with one attached hydrogen (secondary N) is 1. The zero-order valence-electron chi connectivity index (χ0n) is 17.7. The van der Waals surface area contributed by atoms with Gasteiger partial charge < -0.3 is 10.1 Å². The number of nitro benzene ring substituents is 1. The van der Waals surface area contributed by atoms with Crippen LogP contribution in [0.25, 0.3) is 0 Å². The van der Waals surface area contributed by atoms with E-state index in [4.69, 9.17) is 16.3 Å². The Morgan fingerprint density at radius 1 is 1.24 bits per heavy atom. The highest BCUT2D eigenvalue weighted by atomic mass is 79.9. The first-order valence-electron chi connectivity index (χ1n) is 9.68. The minimum atomic E-state index is -4.64. The molecule has 1 amide bonds. The molecule has 0 radical (unpaired) electrons. The van der Waals surface area contributed by atoms with E-state index in [9.17, 15) is 28.1 Å². The lowest BCUT2D eigenvalue weighted by molar-refractivity contribution is -0.384. The van der Waals surface area contributed by atoms with Crippen molar-refractivity contribution >= 4 is 44.8 Å². The number of hydrogen-bond acceptors (Lipinski definition) is 5. The fourth-order valence-corrected chi connectivity index (χ4v) is 3.62. The van der Waals surface area contributed by atoms with Crippen molar-refractivity contribution in [3.05, 3.63) is 73.0 Å². The molecule has 1 N–H and O–H groups in total. The molecule has 0 unspecified atom stereocenters. The van der Waals surface area contributed by atoms with Gasteiger partial charge in [0.05, 0.1) is 33.4 Å². The fraction of sp³-hybridized carbons (Fsp3) is 0.238. The number of carbonyl (C=O) groups excluding carboxylic acids is 1. The van der Waals surface area contributed by atoms with Gasteiger partial charge in [-0.05, 0) is 53.5 Å². The summed E-state index contributed by atoms with van der Waals surface area (Å²) in [5, 5.41) is 17.9. The summed E-state index contributed by atoms with van der Waals surface area (Å²) in [6.07, 6.45) is -4.86. The Hall–Kier alpha value is -3.12. The Kier molecular flexibility index (Phi) is 7.51. The molecule has 3 aromatic rings. The van der Waals surface area contributed by atoms with E-state index in [2.05, 4.69) is 26.3 Å². The van der Waals surface area contributed by atoms with Crippen LogP contribution < -0.4 is 10.1 Å². The first-order valence-corrected chi connectivity index (χ1v) is 10.9. The lowest BCUT2D eigenvalue weighted by Crippen LogP contribution is -2.16. The van der Waals surface area contributed by atoms with Gasteiger partial charge in [-0.3, -0.25) is 19.6 Å². The highest BCUT2D eigenvalue weighted by Crippen LogP contribution is 2.35. The van der Waals surface area contributed by atoms with E-state index in [-0.39, 0.29) is 40.3 Å². The van der Waals surface area contributed by atoms with Crippen LogP contribution >= 0.6 is 27.5 Å². The number of halogens is 5. The SMILES string of the molecule is Cc1cc(Oc2cc(NC(=O)CCn3nc(C(F)(F)F)c(Br)c3C)cc([N+](=O)[O-])c2)ccc1Cl. The van der Waals surface area contributed by atoms with Gasteiger partial charge in [0.2, 0.25) is 5.91 Å². The number of aromatic nitrogens is 2. The second-order valence-corrected chi connectivity index (χ2v) is 8.45.